The molecule has 0 radical (unpaired) electrons. The number of carboxylic acids is 2. The van der Waals surface area contributed by atoms with Crippen molar-refractivity contribution in [3.63, 3.8) is 0 Å². The Morgan fingerprint density at radius 1 is 1.14 bits per heavy atom. The molecular formula is C7H11NO6. The summed E-state index contributed by atoms with van der Waals surface area (Å²) >= 11 is 0. The van der Waals surface area contributed by atoms with Gasteiger partial charge < -0.3 is 14.9 Å². The quantitative estimate of drug-likeness (QED) is 0.515. The van der Waals surface area contributed by atoms with Crippen LogP contribution < -0.4 is 0 Å². The zero-order valence-electron chi connectivity index (χ0n) is 7.60. The van der Waals surface area contributed by atoms with E-state index in [0.717, 1.165) is 0 Å². The van der Waals surface area contributed by atoms with Crippen LogP contribution in [0.5, 0.6) is 0 Å². The first-order valence-corrected chi connectivity index (χ1v) is 3.69. The summed E-state index contributed by atoms with van der Waals surface area (Å²) in [4.78, 5) is 32.2. The van der Waals surface area contributed by atoms with Gasteiger partial charge in [-0.15, -0.1) is 0 Å². The van der Waals surface area contributed by atoms with Crippen molar-refractivity contribution in [1.29, 1.82) is 0 Å². The molecule has 0 fully saturated rings. The number of hydrogen-bond acceptors (Lipinski definition) is 5. The first-order valence-electron chi connectivity index (χ1n) is 3.69. The van der Waals surface area contributed by atoms with Crippen LogP contribution in [0.3, 0.4) is 0 Å². The van der Waals surface area contributed by atoms with Crippen molar-refractivity contribution in [2.24, 2.45) is 0 Å². The van der Waals surface area contributed by atoms with E-state index in [4.69, 9.17) is 10.2 Å². The molecule has 7 heteroatoms. The molecule has 0 aliphatic heterocycles. The molecule has 0 amide bonds. The number of esters is 1. The van der Waals surface area contributed by atoms with Crippen molar-refractivity contribution in [2.75, 3.05) is 26.7 Å². The third-order valence-corrected chi connectivity index (χ3v) is 1.16. The predicted molar refractivity (Wildman–Crippen MR) is 43.7 cm³/mol. The Balaban J connectivity index is 3.71. The van der Waals surface area contributed by atoms with Crippen LogP contribution in [0.2, 0.25) is 0 Å². The number of aliphatic carboxylic acids is 2. The van der Waals surface area contributed by atoms with Gasteiger partial charge >= 0.3 is 17.9 Å². The van der Waals surface area contributed by atoms with Gasteiger partial charge in [-0.1, -0.05) is 0 Å². The zero-order valence-corrected chi connectivity index (χ0v) is 7.60. The Bertz CT molecular complexity index is 238. The fourth-order valence-corrected chi connectivity index (χ4v) is 0.695. The highest BCUT2D eigenvalue weighted by molar-refractivity contribution is 5.77. The third kappa shape index (κ3) is 7.04. The van der Waals surface area contributed by atoms with Crippen molar-refractivity contribution in [2.45, 2.75) is 0 Å². The van der Waals surface area contributed by atoms with Gasteiger partial charge in [0.1, 0.15) is 0 Å². The lowest BCUT2D eigenvalue weighted by Gasteiger charge is -2.11. The summed E-state index contributed by atoms with van der Waals surface area (Å²) in [5.41, 5.74) is 0. The highest BCUT2D eigenvalue weighted by Crippen LogP contribution is 1.86. The molecule has 0 bridgehead atoms. The summed E-state index contributed by atoms with van der Waals surface area (Å²) < 4.78 is 4.28. The number of hydrogen-bond donors (Lipinski definition) is 2. The molecule has 0 aromatic carbocycles. The van der Waals surface area contributed by atoms with Crippen molar-refractivity contribution >= 4 is 17.9 Å². The van der Waals surface area contributed by atoms with Crippen LogP contribution in [0.15, 0.2) is 0 Å². The van der Waals surface area contributed by atoms with Crippen LogP contribution >= 0.6 is 0 Å². The van der Waals surface area contributed by atoms with Gasteiger partial charge in [0.15, 0.2) is 6.61 Å². The maximum absolute atomic E-state index is 10.8. The van der Waals surface area contributed by atoms with Gasteiger partial charge in [-0.05, 0) is 7.05 Å². The van der Waals surface area contributed by atoms with Crippen molar-refractivity contribution in [3.05, 3.63) is 0 Å². The van der Waals surface area contributed by atoms with Gasteiger partial charge in [0, 0.05) is 0 Å². The normalized spacial score (nSPS) is 9.86. The van der Waals surface area contributed by atoms with Gasteiger partial charge in [-0.25, -0.2) is 4.79 Å². The molecule has 0 aliphatic rings. The summed E-state index contributed by atoms with van der Waals surface area (Å²) in [5.74, 6) is -3.09. The van der Waals surface area contributed by atoms with Crippen LogP contribution in [0.25, 0.3) is 0 Å². The van der Waals surface area contributed by atoms with E-state index in [-0.39, 0.29) is 13.1 Å². The van der Waals surface area contributed by atoms with Gasteiger partial charge in [0.25, 0.3) is 0 Å². The topological polar surface area (TPSA) is 104 Å². The zero-order chi connectivity index (χ0) is 11.1. The van der Waals surface area contributed by atoms with Gasteiger partial charge in [-0.3, -0.25) is 14.5 Å². The minimum absolute atomic E-state index is 0.250. The number of ether oxygens (including phenoxy) is 1. The second-order valence-electron chi connectivity index (χ2n) is 2.62. The fourth-order valence-electron chi connectivity index (χ4n) is 0.695. The lowest BCUT2D eigenvalue weighted by Crippen LogP contribution is -2.32. The molecule has 2 N–H and O–H groups in total. The predicted octanol–water partition coefficient (Wildman–Crippen LogP) is -1.37. The first-order chi connectivity index (χ1) is 6.41. The maximum atomic E-state index is 10.8. The van der Waals surface area contributed by atoms with E-state index in [1.54, 1.807) is 0 Å². The third-order valence-electron chi connectivity index (χ3n) is 1.16. The Hall–Kier alpha value is -1.63. The van der Waals surface area contributed by atoms with E-state index in [1.165, 1.54) is 11.9 Å². The second-order valence-corrected chi connectivity index (χ2v) is 2.62. The highest BCUT2D eigenvalue weighted by atomic mass is 16.5. The molecule has 0 saturated heterocycles. The number of likely N-dealkylation sites (N-methyl/N-ethyl adjacent to an activating group) is 1. The molecule has 0 atom stereocenters. The molecule has 7 nitrogen and oxygen atoms in total. The lowest BCUT2D eigenvalue weighted by atomic mass is 10.5. The number of carboxylic acid groups (broad SMARTS) is 2. The van der Waals surface area contributed by atoms with Crippen molar-refractivity contribution in [3.8, 4) is 0 Å². The summed E-state index contributed by atoms with van der Waals surface area (Å²) in [7, 11) is 1.41. The molecule has 0 aliphatic carbocycles. The standard InChI is InChI=1S/C7H11NO6/c1-8(2-5(9)10)3-7(13)14-4-6(11)12/h2-4H2,1H3,(H,9,10)(H,11,12). The molecule has 0 aromatic rings. The fraction of sp³-hybridized carbons (Fsp3) is 0.571. The number of rotatable bonds is 6. The van der Waals surface area contributed by atoms with E-state index in [9.17, 15) is 14.4 Å². The monoisotopic (exact) mass is 205 g/mol. The second kappa shape index (κ2) is 5.92. The van der Waals surface area contributed by atoms with E-state index >= 15 is 0 Å². The van der Waals surface area contributed by atoms with E-state index in [0.29, 0.717) is 0 Å². The van der Waals surface area contributed by atoms with E-state index in [1.807, 2.05) is 0 Å². The SMILES string of the molecule is CN(CC(=O)O)CC(=O)OCC(=O)O. The van der Waals surface area contributed by atoms with Gasteiger partial charge in [0.05, 0.1) is 13.1 Å². The summed E-state index contributed by atoms with van der Waals surface area (Å²) in [6, 6.07) is 0. The molecule has 0 aromatic heterocycles. The van der Waals surface area contributed by atoms with Crippen molar-refractivity contribution in [1.82, 2.24) is 4.90 Å². The average Bonchev–Trinajstić information content (AvgIpc) is 1.98. The Morgan fingerprint density at radius 3 is 2.14 bits per heavy atom. The van der Waals surface area contributed by atoms with Crippen LogP contribution in [0.4, 0.5) is 0 Å². The minimum atomic E-state index is -1.25. The Kier molecular flexibility index (Phi) is 5.23. The smallest absolute Gasteiger partial charge is 0.341 e. The van der Waals surface area contributed by atoms with Gasteiger partial charge in [-0.2, -0.15) is 0 Å². The maximum Gasteiger partial charge on any atom is 0.341 e. The Labute approximate surface area is 79.9 Å². The molecule has 0 spiro atoms. The molecule has 0 heterocycles. The van der Waals surface area contributed by atoms with Crippen LogP contribution in [0, 0.1) is 0 Å². The van der Waals surface area contributed by atoms with Crippen LogP contribution in [-0.2, 0) is 19.1 Å². The van der Waals surface area contributed by atoms with Crippen LogP contribution in [-0.4, -0.2) is 59.8 Å². The molecule has 0 unspecified atom stereocenters. The van der Waals surface area contributed by atoms with E-state index in [2.05, 4.69) is 4.74 Å². The lowest BCUT2D eigenvalue weighted by molar-refractivity contribution is -0.156. The van der Waals surface area contributed by atoms with Gasteiger partial charge in [0.2, 0.25) is 0 Å². The van der Waals surface area contributed by atoms with E-state index < -0.39 is 24.5 Å². The van der Waals surface area contributed by atoms with Crippen molar-refractivity contribution < 1.29 is 29.3 Å². The molecule has 0 rings (SSSR count). The molecular weight excluding hydrogens is 194 g/mol. The first kappa shape index (κ1) is 12.4. The number of nitrogens with zero attached hydrogens (tertiary/aromatic N) is 1. The molecule has 14 heavy (non-hydrogen) atoms. The Morgan fingerprint density at radius 2 is 1.71 bits per heavy atom. The molecule has 0 saturated carbocycles. The number of carbonyl (C=O) groups is 3. The highest BCUT2D eigenvalue weighted by Gasteiger charge is 2.11. The largest absolute Gasteiger partial charge is 0.480 e. The summed E-state index contributed by atoms with van der Waals surface area (Å²) in [5, 5.41) is 16.5. The average molecular weight is 205 g/mol. The van der Waals surface area contributed by atoms with Crippen LogP contribution in [0.1, 0.15) is 0 Å². The molecule has 80 valence electrons. The summed E-state index contributed by atoms with van der Waals surface area (Å²) in [6.07, 6.45) is 0. The summed E-state index contributed by atoms with van der Waals surface area (Å²) in [6.45, 7) is -1.26. The minimum Gasteiger partial charge on any atom is -0.480 e. The number of carbonyl (C=O) groups excluding carboxylic acids is 1.